The molecular weight excluding hydrogens is 315 g/mol. The van der Waals surface area contributed by atoms with Crippen LogP contribution in [-0.2, 0) is 20.9 Å². The summed E-state index contributed by atoms with van der Waals surface area (Å²) in [5.74, 6) is -1.21. The van der Waals surface area contributed by atoms with Crippen LogP contribution in [0.2, 0.25) is 0 Å². The lowest BCUT2D eigenvalue weighted by molar-refractivity contribution is -0.187. The quantitative estimate of drug-likeness (QED) is 0.616. The van der Waals surface area contributed by atoms with Gasteiger partial charge in [-0.25, -0.2) is 9.59 Å². The lowest BCUT2D eigenvalue weighted by atomic mass is 10.2. The number of amides is 1. The minimum absolute atomic E-state index is 0.0366. The number of rotatable bonds is 7. The summed E-state index contributed by atoms with van der Waals surface area (Å²) in [5.41, 5.74) is 0.725. The van der Waals surface area contributed by atoms with Crippen molar-refractivity contribution in [1.29, 1.82) is 0 Å². The molecule has 0 fully saturated rings. The Labute approximate surface area is 131 Å². The van der Waals surface area contributed by atoms with Gasteiger partial charge in [0, 0.05) is 0 Å². The second-order valence-corrected chi connectivity index (χ2v) is 4.51. The van der Waals surface area contributed by atoms with Crippen LogP contribution in [0.3, 0.4) is 0 Å². The molecule has 1 aromatic rings. The summed E-state index contributed by atoms with van der Waals surface area (Å²) in [4.78, 5) is 23.2. The van der Waals surface area contributed by atoms with Crippen molar-refractivity contribution < 1.29 is 32.2 Å². The number of nitrogens with one attached hydrogen (secondary N) is 1. The first-order valence-corrected chi connectivity index (χ1v) is 6.63. The lowest BCUT2D eigenvalue weighted by Crippen LogP contribution is -2.42. The number of alkyl halides is 3. The van der Waals surface area contributed by atoms with Gasteiger partial charge in [-0.2, -0.15) is 13.2 Å². The van der Waals surface area contributed by atoms with Crippen LogP contribution in [0.25, 0.3) is 0 Å². The number of carbonyl (C=O) groups excluding carboxylic acids is 2. The maximum Gasteiger partial charge on any atom is 0.422 e. The molecule has 0 bridgehead atoms. The second kappa shape index (κ2) is 8.82. The molecule has 0 aliphatic rings. The molecule has 0 aliphatic heterocycles. The van der Waals surface area contributed by atoms with Crippen LogP contribution in [-0.4, -0.2) is 30.9 Å². The maximum atomic E-state index is 12.0. The van der Waals surface area contributed by atoms with Crippen LogP contribution in [0.1, 0.15) is 12.0 Å². The molecule has 1 amide bonds. The van der Waals surface area contributed by atoms with Gasteiger partial charge in [-0.1, -0.05) is 36.4 Å². The smallest absolute Gasteiger partial charge is 0.422 e. The zero-order valence-electron chi connectivity index (χ0n) is 12.1. The van der Waals surface area contributed by atoms with Gasteiger partial charge in [-0.3, -0.25) is 0 Å². The number of ether oxygens (including phenoxy) is 2. The van der Waals surface area contributed by atoms with E-state index in [0.29, 0.717) is 0 Å². The van der Waals surface area contributed by atoms with E-state index in [0.717, 1.165) is 5.56 Å². The molecule has 0 saturated carbocycles. The van der Waals surface area contributed by atoms with Crippen molar-refractivity contribution in [2.75, 3.05) is 6.61 Å². The van der Waals surface area contributed by atoms with Gasteiger partial charge < -0.3 is 14.8 Å². The van der Waals surface area contributed by atoms with Gasteiger partial charge in [0.2, 0.25) is 0 Å². The SMILES string of the molecule is C=CC[C@@H](NC(=O)OCc1ccccc1)C(=O)OCC(F)(F)F. The van der Waals surface area contributed by atoms with Crippen LogP contribution in [0.4, 0.5) is 18.0 Å². The summed E-state index contributed by atoms with van der Waals surface area (Å²) in [6.45, 7) is 1.61. The number of hydrogen-bond acceptors (Lipinski definition) is 4. The van der Waals surface area contributed by atoms with Crippen molar-refractivity contribution in [2.24, 2.45) is 0 Å². The lowest BCUT2D eigenvalue weighted by Gasteiger charge is -2.16. The number of alkyl carbamates (subject to hydrolysis) is 1. The number of carbonyl (C=O) groups is 2. The monoisotopic (exact) mass is 331 g/mol. The third-order valence-electron chi connectivity index (χ3n) is 2.57. The minimum Gasteiger partial charge on any atom is -0.454 e. The predicted octanol–water partition coefficient (Wildman–Crippen LogP) is 2.96. The number of esters is 1. The molecule has 0 unspecified atom stereocenters. The van der Waals surface area contributed by atoms with Crippen molar-refractivity contribution in [3.63, 3.8) is 0 Å². The van der Waals surface area contributed by atoms with Crippen molar-refractivity contribution in [1.82, 2.24) is 5.32 Å². The molecule has 8 heteroatoms. The molecule has 1 atom stereocenters. The van der Waals surface area contributed by atoms with E-state index in [1.807, 2.05) is 0 Å². The Morgan fingerprint density at radius 1 is 1.22 bits per heavy atom. The highest BCUT2D eigenvalue weighted by Gasteiger charge is 2.31. The fraction of sp³-hybridized carbons (Fsp3) is 0.333. The fourth-order valence-electron chi connectivity index (χ4n) is 1.54. The molecule has 1 N–H and O–H groups in total. The molecule has 0 saturated heterocycles. The van der Waals surface area contributed by atoms with Crippen molar-refractivity contribution in [3.05, 3.63) is 48.6 Å². The highest BCUT2D eigenvalue weighted by molar-refractivity contribution is 5.81. The molecule has 0 spiro atoms. The second-order valence-electron chi connectivity index (χ2n) is 4.51. The van der Waals surface area contributed by atoms with Crippen LogP contribution in [0.15, 0.2) is 43.0 Å². The zero-order chi connectivity index (χ0) is 17.3. The molecule has 1 rings (SSSR count). The zero-order valence-corrected chi connectivity index (χ0v) is 12.1. The topological polar surface area (TPSA) is 64.6 Å². The molecule has 0 aliphatic carbocycles. The summed E-state index contributed by atoms with van der Waals surface area (Å²) in [6, 6.07) is 7.47. The standard InChI is InChI=1S/C15H16F3NO4/c1-2-6-12(13(20)23-10-15(16,17)18)19-14(21)22-9-11-7-4-3-5-8-11/h2-5,7-8,12H,1,6,9-10H2,(H,19,21)/t12-/m1/s1. The Morgan fingerprint density at radius 3 is 2.43 bits per heavy atom. The largest absolute Gasteiger partial charge is 0.454 e. The maximum absolute atomic E-state index is 12.0. The third-order valence-corrected chi connectivity index (χ3v) is 2.57. The first-order chi connectivity index (χ1) is 10.8. The first-order valence-electron chi connectivity index (χ1n) is 6.63. The van der Waals surface area contributed by atoms with E-state index in [1.54, 1.807) is 30.3 Å². The highest BCUT2D eigenvalue weighted by atomic mass is 19.4. The van der Waals surface area contributed by atoms with E-state index in [1.165, 1.54) is 6.08 Å². The molecule has 0 radical (unpaired) electrons. The van der Waals surface area contributed by atoms with Gasteiger partial charge in [0.15, 0.2) is 6.61 Å². The Balaban J connectivity index is 2.49. The van der Waals surface area contributed by atoms with E-state index in [4.69, 9.17) is 4.74 Å². The van der Waals surface area contributed by atoms with Crippen molar-refractivity contribution in [2.45, 2.75) is 25.2 Å². The van der Waals surface area contributed by atoms with Crippen LogP contribution in [0.5, 0.6) is 0 Å². The number of halogens is 3. The summed E-state index contributed by atoms with van der Waals surface area (Å²) in [6.07, 6.45) is -4.39. The highest BCUT2D eigenvalue weighted by Crippen LogP contribution is 2.15. The third kappa shape index (κ3) is 7.89. The molecule has 0 heterocycles. The summed E-state index contributed by atoms with van der Waals surface area (Å²) in [5, 5.41) is 2.15. The van der Waals surface area contributed by atoms with Gasteiger partial charge in [-0.05, 0) is 12.0 Å². The molecule has 5 nitrogen and oxygen atoms in total. The Kier molecular flexibility index (Phi) is 7.11. The van der Waals surface area contributed by atoms with Crippen LogP contribution in [0, 0.1) is 0 Å². The number of benzene rings is 1. The molecule has 0 aromatic heterocycles. The minimum atomic E-state index is -4.64. The molecular formula is C15H16F3NO4. The van der Waals surface area contributed by atoms with Crippen LogP contribution >= 0.6 is 0 Å². The summed E-state index contributed by atoms with van der Waals surface area (Å²) >= 11 is 0. The van der Waals surface area contributed by atoms with E-state index in [9.17, 15) is 22.8 Å². The van der Waals surface area contributed by atoms with Crippen molar-refractivity contribution in [3.8, 4) is 0 Å². The summed E-state index contributed by atoms with van der Waals surface area (Å²) < 4.78 is 45.1. The van der Waals surface area contributed by atoms with Gasteiger partial charge in [-0.15, -0.1) is 6.58 Å². The Hall–Kier alpha value is -2.51. The predicted molar refractivity (Wildman–Crippen MR) is 75.4 cm³/mol. The number of hydrogen-bond donors (Lipinski definition) is 1. The summed E-state index contributed by atoms with van der Waals surface area (Å²) in [7, 11) is 0. The van der Waals surface area contributed by atoms with Gasteiger partial charge in [0.25, 0.3) is 0 Å². The van der Waals surface area contributed by atoms with Gasteiger partial charge in [0.1, 0.15) is 12.6 Å². The van der Waals surface area contributed by atoms with E-state index >= 15 is 0 Å². The normalized spacial score (nSPS) is 12.1. The Bertz CT molecular complexity index is 531. The molecule has 126 valence electrons. The van der Waals surface area contributed by atoms with Crippen molar-refractivity contribution >= 4 is 12.1 Å². The van der Waals surface area contributed by atoms with E-state index < -0.39 is 30.9 Å². The Morgan fingerprint density at radius 2 is 1.87 bits per heavy atom. The van der Waals surface area contributed by atoms with Gasteiger partial charge in [0.05, 0.1) is 0 Å². The van der Waals surface area contributed by atoms with E-state index in [-0.39, 0.29) is 13.0 Å². The molecule has 23 heavy (non-hydrogen) atoms. The van der Waals surface area contributed by atoms with Crippen LogP contribution < -0.4 is 5.32 Å². The first kappa shape index (κ1) is 18.5. The molecule has 1 aromatic carbocycles. The fourth-order valence-corrected chi connectivity index (χ4v) is 1.54. The average Bonchev–Trinajstić information content (AvgIpc) is 2.50. The van der Waals surface area contributed by atoms with E-state index in [2.05, 4.69) is 16.6 Å². The average molecular weight is 331 g/mol. The van der Waals surface area contributed by atoms with Gasteiger partial charge >= 0.3 is 18.2 Å².